The quantitative estimate of drug-likeness (QED) is 0.409. The highest BCUT2D eigenvalue weighted by atomic mass is 16.3. The number of fused-ring (bicyclic) bond motifs is 1. The number of nitrogens with two attached hydrogens (primary N) is 2. The van der Waals surface area contributed by atoms with Crippen LogP contribution in [0.5, 0.6) is 0 Å². The number of nitriles is 1. The van der Waals surface area contributed by atoms with E-state index in [9.17, 15) is 15.0 Å². The number of β-amino-alcohol motifs (C(OH)–C–C–N with tert-alkyl or cyclic N) is 1. The Kier molecular flexibility index (Phi) is 6.95. The van der Waals surface area contributed by atoms with Crippen molar-refractivity contribution in [3.63, 3.8) is 0 Å². The predicted molar refractivity (Wildman–Crippen MR) is 128 cm³/mol. The molecule has 9 heteroatoms. The van der Waals surface area contributed by atoms with Gasteiger partial charge in [-0.15, -0.1) is 0 Å². The van der Waals surface area contributed by atoms with Crippen LogP contribution in [0.4, 0.5) is 0 Å². The third-order valence-corrected chi connectivity index (χ3v) is 6.54. The van der Waals surface area contributed by atoms with Gasteiger partial charge in [0.05, 0.1) is 40.9 Å². The van der Waals surface area contributed by atoms with Crippen molar-refractivity contribution in [1.82, 2.24) is 14.5 Å². The van der Waals surface area contributed by atoms with Gasteiger partial charge >= 0.3 is 0 Å². The standard InChI is InChI=1S/C25H30N6O3/c1-15-23(22(33)14-30-8-6-19(32)7-9-30)24-21(11-17(13-29-24)10-20(27)25(28)34)31(15)18-4-2-16(12-26)3-5-18/h2-5,11,13,19-20,22,32-33H,6-10,14,27H2,1H3,(H2,28,34). The zero-order valence-corrected chi connectivity index (χ0v) is 19.2. The summed E-state index contributed by atoms with van der Waals surface area (Å²) in [7, 11) is 0. The Morgan fingerprint density at radius 2 is 1.97 bits per heavy atom. The van der Waals surface area contributed by atoms with E-state index in [4.69, 9.17) is 16.7 Å². The SMILES string of the molecule is Cc1c(C(O)CN2CCC(O)CC2)c2ncc(CC(N)C(N)=O)cc2n1-c1ccc(C#N)cc1. The molecule has 1 amide bonds. The number of pyridine rings is 1. The van der Waals surface area contributed by atoms with Crippen LogP contribution in [-0.4, -0.2) is 62.4 Å². The second-order valence-electron chi connectivity index (χ2n) is 8.97. The van der Waals surface area contributed by atoms with E-state index in [1.54, 1.807) is 18.3 Å². The summed E-state index contributed by atoms with van der Waals surface area (Å²) in [6, 6.07) is 10.4. The number of aliphatic hydroxyl groups is 2. The molecule has 0 aliphatic carbocycles. The first-order chi connectivity index (χ1) is 16.3. The maximum absolute atomic E-state index is 11.5. The van der Waals surface area contributed by atoms with E-state index in [1.165, 1.54) is 0 Å². The molecule has 1 aliphatic heterocycles. The fraction of sp³-hybridized carbons (Fsp3) is 0.400. The molecule has 9 nitrogen and oxygen atoms in total. The molecule has 34 heavy (non-hydrogen) atoms. The molecule has 0 bridgehead atoms. The second-order valence-corrected chi connectivity index (χ2v) is 8.97. The van der Waals surface area contributed by atoms with E-state index in [-0.39, 0.29) is 12.5 Å². The molecule has 0 saturated carbocycles. The Balaban J connectivity index is 1.77. The number of carbonyl (C=O) groups is 1. The number of hydrogen-bond donors (Lipinski definition) is 4. The van der Waals surface area contributed by atoms with Gasteiger partial charge in [-0.05, 0) is 62.1 Å². The van der Waals surface area contributed by atoms with Crippen molar-refractivity contribution in [3.05, 3.63) is 58.9 Å². The number of aromatic nitrogens is 2. The first kappa shape index (κ1) is 23.9. The molecule has 2 unspecified atom stereocenters. The highest BCUT2D eigenvalue weighted by Gasteiger charge is 2.26. The summed E-state index contributed by atoms with van der Waals surface area (Å²) >= 11 is 0. The average molecular weight is 463 g/mol. The topological polar surface area (TPSA) is 154 Å². The highest BCUT2D eigenvalue weighted by Crippen LogP contribution is 2.33. The summed E-state index contributed by atoms with van der Waals surface area (Å²) in [5, 5.41) is 30.2. The number of carbonyl (C=O) groups excluding carboxylic acids is 1. The lowest BCUT2D eigenvalue weighted by Gasteiger charge is -2.31. The normalized spacial score (nSPS) is 16.9. The summed E-state index contributed by atoms with van der Waals surface area (Å²) in [6.07, 6.45) is 2.26. The van der Waals surface area contributed by atoms with Crippen LogP contribution < -0.4 is 11.5 Å². The lowest BCUT2D eigenvalue weighted by Crippen LogP contribution is -2.38. The van der Waals surface area contributed by atoms with Crippen molar-refractivity contribution in [1.29, 1.82) is 5.26 Å². The van der Waals surface area contributed by atoms with Gasteiger partial charge in [-0.25, -0.2) is 0 Å². The van der Waals surface area contributed by atoms with Crippen molar-refractivity contribution in [2.24, 2.45) is 11.5 Å². The van der Waals surface area contributed by atoms with E-state index in [0.29, 0.717) is 30.5 Å². The molecule has 1 aromatic carbocycles. The zero-order valence-electron chi connectivity index (χ0n) is 19.2. The number of primary amides is 1. The Bertz CT molecular complexity index is 1220. The molecule has 3 heterocycles. The van der Waals surface area contributed by atoms with Crippen LogP contribution in [0.15, 0.2) is 36.5 Å². The van der Waals surface area contributed by atoms with Crippen molar-refractivity contribution in [2.75, 3.05) is 19.6 Å². The summed E-state index contributed by atoms with van der Waals surface area (Å²) in [6.45, 7) is 3.84. The molecule has 1 fully saturated rings. The lowest BCUT2D eigenvalue weighted by atomic mass is 10.0. The fourth-order valence-electron chi connectivity index (χ4n) is 4.67. The maximum Gasteiger partial charge on any atom is 0.234 e. The number of piperidine rings is 1. The van der Waals surface area contributed by atoms with Gasteiger partial charge in [-0.3, -0.25) is 9.78 Å². The summed E-state index contributed by atoms with van der Waals surface area (Å²) in [4.78, 5) is 18.3. The lowest BCUT2D eigenvalue weighted by molar-refractivity contribution is -0.119. The number of amides is 1. The van der Waals surface area contributed by atoms with Crippen LogP contribution in [0.3, 0.4) is 0 Å². The third kappa shape index (κ3) is 4.81. The molecule has 0 spiro atoms. The average Bonchev–Trinajstić information content (AvgIpc) is 3.11. The van der Waals surface area contributed by atoms with Crippen LogP contribution in [0.1, 0.15) is 41.3 Å². The van der Waals surface area contributed by atoms with Gasteiger partial charge in [0.2, 0.25) is 5.91 Å². The first-order valence-electron chi connectivity index (χ1n) is 11.4. The largest absolute Gasteiger partial charge is 0.393 e. The highest BCUT2D eigenvalue weighted by molar-refractivity contribution is 5.85. The van der Waals surface area contributed by atoms with Crippen LogP contribution in [0, 0.1) is 18.3 Å². The van der Waals surface area contributed by atoms with Crippen LogP contribution in [0.25, 0.3) is 16.7 Å². The predicted octanol–water partition coefficient (Wildman–Crippen LogP) is 1.05. The van der Waals surface area contributed by atoms with Gasteiger partial charge < -0.3 is 31.1 Å². The van der Waals surface area contributed by atoms with Crippen molar-refractivity contribution < 1.29 is 15.0 Å². The number of rotatable bonds is 7. The summed E-state index contributed by atoms with van der Waals surface area (Å²) < 4.78 is 2.00. The number of nitrogens with zero attached hydrogens (tertiary/aromatic N) is 4. The second kappa shape index (κ2) is 9.91. The molecule has 3 aromatic rings. The molecular formula is C25H30N6O3. The monoisotopic (exact) mass is 462 g/mol. The minimum absolute atomic E-state index is 0.254. The maximum atomic E-state index is 11.5. The van der Waals surface area contributed by atoms with Gasteiger partial charge in [0.1, 0.15) is 0 Å². The smallest absolute Gasteiger partial charge is 0.234 e. The van der Waals surface area contributed by atoms with Gasteiger partial charge in [-0.2, -0.15) is 5.26 Å². The van der Waals surface area contributed by atoms with E-state index in [2.05, 4.69) is 16.0 Å². The van der Waals surface area contributed by atoms with Crippen LogP contribution >= 0.6 is 0 Å². The van der Waals surface area contributed by atoms with E-state index >= 15 is 0 Å². The van der Waals surface area contributed by atoms with Crippen molar-refractivity contribution in [2.45, 2.75) is 44.4 Å². The Labute approximate surface area is 198 Å². The molecule has 178 valence electrons. The summed E-state index contributed by atoms with van der Waals surface area (Å²) in [5.74, 6) is -0.582. The summed E-state index contributed by atoms with van der Waals surface area (Å²) in [5.41, 5.74) is 16.4. The molecule has 0 radical (unpaired) electrons. The zero-order chi connectivity index (χ0) is 24.4. The third-order valence-electron chi connectivity index (χ3n) is 6.54. The van der Waals surface area contributed by atoms with Gasteiger partial charge in [0.25, 0.3) is 0 Å². The number of aliphatic hydroxyl groups excluding tert-OH is 2. The Hall–Kier alpha value is -3.29. The van der Waals surface area contributed by atoms with Gasteiger partial charge in [0.15, 0.2) is 0 Å². The van der Waals surface area contributed by atoms with Crippen molar-refractivity contribution >= 4 is 16.9 Å². The first-order valence-corrected chi connectivity index (χ1v) is 11.4. The minimum Gasteiger partial charge on any atom is -0.393 e. The molecule has 1 saturated heterocycles. The van der Waals surface area contributed by atoms with E-state index < -0.39 is 18.1 Å². The Morgan fingerprint density at radius 3 is 2.59 bits per heavy atom. The van der Waals surface area contributed by atoms with Crippen LogP contribution in [-0.2, 0) is 11.2 Å². The minimum atomic E-state index is -0.821. The number of hydrogen-bond acceptors (Lipinski definition) is 7. The van der Waals surface area contributed by atoms with Crippen LogP contribution in [0.2, 0.25) is 0 Å². The molecule has 4 rings (SSSR count). The van der Waals surface area contributed by atoms with E-state index in [0.717, 1.165) is 41.1 Å². The number of likely N-dealkylation sites (tertiary alicyclic amines) is 1. The molecule has 2 atom stereocenters. The molecule has 1 aliphatic rings. The molecule has 2 aromatic heterocycles. The Morgan fingerprint density at radius 1 is 1.29 bits per heavy atom. The van der Waals surface area contributed by atoms with E-state index in [1.807, 2.05) is 29.7 Å². The van der Waals surface area contributed by atoms with Crippen molar-refractivity contribution in [3.8, 4) is 11.8 Å². The molecular weight excluding hydrogens is 432 g/mol. The molecule has 6 N–H and O–H groups in total. The number of benzene rings is 1. The van der Waals surface area contributed by atoms with Gasteiger partial charge in [-0.1, -0.05) is 0 Å². The fourth-order valence-corrected chi connectivity index (χ4v) is 4.67. The van der Waals surface area contributed by atoms with Gasteiger partial charge in [0, 0.05) is 42.8 Å².